The van der Waals surface area contributed by atoms with Crippen molar-refractivity contribution in [2.75, 3.05) is 29.9 Å². The van der Waals surface area contributed by atoms with Crippen molar-refractivity contribution in [2.45, 2.75) is 26.7 Å². The number of anilines is 2. The lowest BCUT2D eigenvalue weighted by atomic mass is 9.99. The molecule has 1 fully saturated rings. The van der Waals surface area contributed by atoms with Gasteiger partial charge in [-0.3, -0.25) is 0 Å². The van der Waals surface area contributed by atoms with Crippen LogP contribution in [0.2, 0.25) is 5.15 Å². The van der Waals surface area contributed by atoms with E-state index in [0.717, 1.165) is 31.4 Å². The molecule has 0 amide bonds. The summed E-state index contributed by atoms with van der Waals surface area (Å²) >= 11 is 11.2. The first-order chi connectivity index (χ1) is 9.58. The highest BCUT2D eigenvalue weighted by Crippen LogP contribution is 2.24. The highest BCUT2D eigenvalue weighted by atomic mass is 35.5. The summed E-state index contributed by atoms with van der Waals surface area (Å²) in [5.41, 5.74) is 0. The van der Waals surface area contributed by atoms with E-state index in [1.807, 2.05) is 6.92 Å². The first kappa shape index (κ1) is 15.3. The summed E-state index contributed by atoms with van der Waals surface area (Å²) in [5, 5.41) is 6.89. The van der Waals surface area contributed by atoms with E-state index in [0.29, 0.717) is 16.2 Å². The maximum absolute atomic E-state index is 6.08. The zero-order chi connectivity index (χ0) is 14.5. The third kappa shape index (κ3) is 4.18. The largest absolute Gasteiger partial charge is 0.363 e. The molecule has 0 saturated carbocycles. The molecule has 1 saturated heterocycles. The molecule has 2 rings (SSSR count). The number of nitrogens with one attached hydrogen (secondary N) is 2. The minimum atomic E-state index is 0.426. The molecular formula is C13H20ClN5S. The second kappa shape index (κ2) is 7.04. The molecule has 110 valence electrons. The minimum Gasteiger partial charge on any atom is -0.363 e. The number of nitrogens with zero attached hydrogens (tertiary/aromatic N) is 3. The second-order valence-electron chi connectivity index (χ2n) is 5.03. The van der Waals surface area contributed by atoms with Crippen molar-refractivity contribution in [3.05, 3.63) is 11.2 Å². The Morgan fingerprint density at radius 2 is 2.15 bits per heavy atom. The van der Waals surface area contributed by atoms with Crippen LogP contribution in [0.25, 0.3) is 0 Å². The van der Waals surface area contributed by atoms with Crippen molar-refractivity contribution in [2.24, 2.45) is 5.92 Å². The van der Waals surface area contributed by atoms with Gasteiger partial charge in [0.05, 0.1) is 0 Å². The van der Waals surface area contributed by atoms with Gasteiger partial charge in [-0.15, -0.1) is 0 Å². The van der Waals surface area contributed by atoms with E-state index in [1.165, 1.54) is 12.8 Å². The van der Waals surface area contributed by atoms with Gasteiger partial charge in [-0.1, -0.05) is 18.5 Å². The first-order valence-electron chi connectivity index (χ1n) is 6.93. The lowest BCUT2D eigenvalue weighted by molar-refractivity contribution is 0.436. The lowest BCUT2D eigenvalue weighted by Crippen LogP contribution is -2.34. The zero-order valence-electron chi connectivity index (χ0n) is 11.8. The smallest absolute Gasteiger partial charge is 0.232 e. The number of aromatic nitrogens is 2. The number of halogens is 1. The molecule has 0 aromatic carbocycles. The van der Waals surface area contributed by atoms with Gasteiger partial charge >= 0.3 is 0 Å². The van der Waals surface area contributed by atoms with E-state index in [4.69, 9.17) is 23.8 Å². The Morgan fingerprint density at radius 1 is 1.45 bits per heavy atom. The van der Waals surface area contributed by atoms with Crippen LogP contribution in [-0.4, -0.2) is 34.7 Å². The van der Waals surface area contributed by atoms with Crippen LogP contribution in [-0.2, 0) is 0 Å². The molecule has 2 heterocycles. The SMILES string of the molecule is CCNC(=S)Nc1nc(Cl)cc(N2CCC(C)CC2)n1. The highest BCUT2D eigenvalue weighted by molar-refractivity contribution is 7.80. The quantitative estimate of drug-likeness (QED) is 0.661. The van der Waals surface area contributed by atoms with Crippen LogP contribution in [0.4, 0.5) is 11.8 Å². The van der Waals surface area contributed by atoms with Gasteiger partial charge < -0.3 is 15.5 Å². The monoisotopic (exact) mass is 313 g/mol. The maximum Gasteiger partial charge on any atom is 0.232 e. The molecular weight excluding hydrogens is 294 g/mol. The summed E-state index contributed by atoms with van der Waals surface area (Å²) in [4.78, 5) is 10.9. The number of hydrogen-bond acceptors (Lipinski definition) is 4. The van der Waals surface area contributed by atoms with Crippen LogP contribution < -0.4 is 15.5 Å². The second-order valence-corrected chi connectivity index (χ2v) is 5.82. The Morgan fingerprint density at radius 3 is 2.80 bits per heavy atom. The summed E-state index contributed by atoms with van der Waals surface area (Å²) in [6.45, 7) is 7.03. The summed E-state index contributed by atoms with van der Waals surface area (Å²) in [7, 11) is 0. The third-order valence-electron chi connectivity index (χ3n) is 3.35. The zero-order valence-corrected chi connectivity index (χ0v) is 13.4. The molecule has 20 heavy (non-hydrogen) atoms. The molecule has 1 aromatic heterocycles. The lowest BCUT2D eigenvalue weighted by Gasteiger charge is -2.31. The Labute approximate surface area is 130 Å². The third-order valence-corrected chi connectivity index (χ3v) is 3.79. The normalized spacial score (nSPS) is 16.1. The molecule has 0 bridgehead atoms. The fourth-order valence-electron chi connectivity index (χ4n) is 2.17. The minimum absolute atomic E-state index is 0.426. The molecule has 0 atom stereocenters. The Kier molecular flexibility index (Phi) is 5.37. The van der Waals surface area contributed by atoms with Gasteiger partial charge in [0, 0.05) is 25.7 Å². The Hall–Kier alpha value is -1.14. The molecule has 0 unspecified atom stereocenters. The summed E-state index contributed by atoms with van der Waals surface area (Å²) < 4.78 is 0. The van der Waals surface area contributed by atoms with Crippen molar-refractivity contribution in [3.8, 4) is 0 Å². The molecule has 7 heteroatoms. The van der Waals surface area contributed by atoms with Gasteiger partial charge in [-0.2, -0.15) is 4.98 Å². The number of thiocarbonyl (C=S) groups is 1. The Bertz CT molecular complexity index is 474. The average Bonchev–Trinajstić information content (AvgIpc) is 2.39. The fourth-order valence-corrected chi connectivity index (χ4v) is 2.58. The van der Waals surface area contributed by atoms with E-state index in [-0.39, 0.29) is 0 Å². The van der Waals surface area contributed by atoms with Crippen molar-refractivity contribution >= 4 is 40.7 Å². The van der Waals surface area contributed by atoms with E-state index in [1.54, 1.807) is 6.07 Å². The van der Waals surface area contributed by atoms with E-state index < -0.39 is 0 Å². The first-order valence-corrected chi connectivity index (χ1v) is 7.71. The maximum atomic E-state index is 6.08. The average molecular weight is 314 g/mol. The molecule has 5 nitrogen and oxygen atoms in total. The molecule has 1 aliphatic rings. The van der Waals surface area contributed by atoms with E-state index in [2.05, 4.69) is 32.4 Å². The van der Waals surface area contributed by atoms with E-state index >= 15 is 0 Å². The van der Waals surface area contributed by atoms with Crippen LogP contribution in [0.5, 0.6) is 0 Å². The topological polar surface area (TPSA) is 53.1 Å². The number of piperidine rings is 1. The van der Waals surface area contributed by atoms with Crippen molar-refractivity contribution < 1.29 is 0 Å². The summed E-state index contributed by atoms with van der Waals surface area (Å²) in [5.74, 6) is 2.08. The van der Waals surface area contributed by atoms with E-state index in [9.17, 15) is 0 Å². The number of rotatable bonds is 3. The van der Waals surface area contributed by atoms with Gasteiger partial charge in [0.15, 0.2) is 5.11 Å². The molecule has 2 N–H and O–H groups in total. The van der Waals surface area contributed by atoms with Crippen LogP contribution in [0.15, 0.2) is 6.07 Å². The molecule has 0 radical (unpaired) electrons. The molecule has 0 spiro atoms. The fraction of sp³-hybridized carbons (Fsp3) is 0.615. The highest BCUT2D eigenvalue weighted by Gasteiger charge is 2.18. The van der Waals surface area contributed by atoms with Crippen LogP contribution in [0.3, 0.4) is 0 Å². The van der Waals surface area contributed by atoms with Gasteiger partial charge in [-0.05, 0) is 37.9 Å². The molecule has 1 aromatic rings. The van der Waals surface area contributed by atoms with Crippen LogP contribution >= 0.6 is 23.8 Å². The van der Waals surface area contributed by atoms with Crippen LogP contribution in [0.1, 0.15) is 26.7 Å². The predicted octanol–water partition coefficient (Wildman–Crippen LogP) is 2.67. The van der Waals surface area contributed by atoms with Crippen molar-refractivity contribution in [3.63, 3.8) is 0 Å². The standard InChI is InChI=1S/C13H20ClN5S/c1-3-15-13(20)18-12-16-10(14)8-11(17-12)19-6-4-9(2)5-7-19/h8-9H,3-7H2,1-2H3,(H2,15,16,17,18,20). The molecule has 1 aliphatic heterocycles. The number of hydrogen-bond donors (Lipinski definition) is 2. The van der Waals surface area contributed by atoms with Crippen molar-refractivity contribution in [1.29, 1.82) is 0 Å². The predicted molar refractivity (Wildman–Crippen MR) is 87.6 cm³/mol. The van der Waals surface area contributed by atoms with Gasteiger partial charge in [0.2, 0.25) is 5.95 Å². The Balaban J connectivity index is 2.10. The van der Waals surface area contributed by atoms with Gasteiger partial charge in [0.1, 0.15) is 11.0 Å². The summed E-state index contributed by atoms with van der Waals surface area (Å²) in [6.07, 6.45) is 2.36. The van der Waals surface area contributed by atoms with Gasteiger partial charge in [0.25, 0.3) is 0 Å². The molecule has 0 aliphatic carbocycles. The summed E-state index contributed by atoms with van der Waals surface area (Å²) in [6, 6.07) is 1.80. The van der Waals surface area contributed by atoms with Crippen LogP contribution in [0, 0.1) is 5.92 Å². The van der Waals surface area contributed by atoms with Gasteiger partial charge in [-0.25, -0.2) is 4.98 Å². The van der Waals surface area contributed by atoms with Crippen molar-refractivity contribution in [1.82, 2.24) is 15.3 Å².